The van der Waals surface area contributed by atoms with E-state index in [1.165, 1.54) is 0 Å². The smallest absolute Gasteiger partial charge is 0.243 e. The molecule has 0 aliphatic carbocycles. The number of methoxy groups -OCH3 is 1. The first-order chi connectivity index (χ1) is 14.5. The number of hydrogen-bond acceptors (Lipinski definition) is 3. The maximum atomic E-state index is 13.4. The summed E-state index contributed by atoms with van der Waals surface area (Å²) < 4.78 is 5.31. The first kappa shape index (κ1) is 25.0. The average molecular weight is 465 g/mol. The number of amides is 2. The molecule has 0 heterocycles. The highest BCUT2D eigenvalue weighted by Gasteiger charge is 2.31. The number of halogens is 2. The first-order valence-corrected chi connectivity index (χ1v) is 11.0. The summed E-state index contributed by atoms with van der Waals surface area (Å²) in [6.07, 6.45) is 0.547. The van der Waals surface area contributed by atoms with Gasteiger partial charge in [-0.2, -0.15) is 0 Å². The van der Waals surface area contributed by atoms with Crippen LogP contribution in [0.3, 0.4) is 0 Å². The van der Waals surface area contributed by atoms with E-state index in [0.29, 0.717) is 27.8 Å². The van der Waals surface area contributed by atoms with Crippen molar-refractivity contribution in [2.24, 2.45) is 0 Å². The molecule has 0 aromatic heterocycles. The Morgan fingerprint density at radius 3 is 2.42 bits per heavy atom. The summed E-state index contributed by atoms with van der Waals surface area (Å²) >= 11 is 12.3. The summed E-state index contributed by atoms with van der Waals surface area (Å²) in [7, 11) is 1.59. The number of nitrogens with one attached hydrogen (secondary N) is 1. The molecule has 0 spiro atoms. The highest BCUT2D eigenvalue weighted by molar-refractivity contribution is 6.35. The second-order valence-electron chi connectivity index (χ2n) is 8.45. The largest absolute Gasteiger partial charge is 0.497 e. The molecule has 1 atom stereocenters. The summed E-state index contributed by atoms with van der Waals surface area (Å²) in [5.41, 5.74) is 1.13. The van der Waals surface area contributed by atoms with Gasteiger partial charge in [0.1, 0.15) is 11.8 Å². The Kier molecular flexibility index (Phi) is 8.78. The van der Waals surface area contributed by atoms with Gasteiger partial charge in [-0.3, -0.25) is 9.59 Å². The van der Waals surface area contributed by atoms with E-state index < -0.39 is 11.6 Å². The van der Waals surface area contributed by atoms with Gasteiger partial charge in [-0.05, 0) is 62.6 Å². The normalized spacial score (nSPS) is 12.2. The summed E-state index contributed by atoms with van der Waals surface area (Å²) in [5.74, 6) is 0.314. The minimum atomic E-state index is -0.621. The molecule has 0 aliphatic heterocycles. The molecule has 2 aromatic rings. The lowest BCUT2D eigenvalue weighted by Gasteiger charge is -2.33. The van der Waals surface area contributed by atoms with Crippen LogP contribution in [0.25, 0.3) is 0 Å². The summed E-state index contributed by atoms with van der Waals surface area (Å²) in [5, 5.41) is 3.93. The molecular formula is C24H30Cl2N2O3. The van der Waals surface area contributed by atoms with Crippen molar-refractivity contribution < 1.29 is 14.3 Å². The zero-order valence-corrected chi connectivity index (χ0v) is 20.2. The molecule has 0 saturated heterocycles. The fraction of sp³-hybridized carbons (Fsp3) is 0.417. The molecule has 0 saturated carbocycles. The van der Waals surface area contributed by atoms with Crippen LogP contribution in [0.5, 0.6) is 5.75 Å². The zero-order chi connectivity index (χ0) is 23.2. The van der Waals surface area contributed by atoms with Crippen molar-refractivity contribution in [3.05, 3.63) is 63.6 Å². The van der Waals surface area contributed by atoms with Crippen LogP contribution in [0.2, 0.25) is 10.0 Å². The lowest BCUT2D eigenvalue weighted by molar-refractivity contribution is -0.141. The predicted molar refractivity (Wildman–Crippen MR) is 126 cm³/mol. The molecule has 31 heavy (non-hydrogen) atoms. The van der Waals surface area contributed by atoms with Crippen molar-refractivity contribution in [1.82, 2.24) is 10.2 Å². The topological polar surface area (TPSA) is 58.6 Å². The quantitative estimate of drug-likeness (QED) is 0.578. The molecule has 2 amide bonds. The number of carbonyl (C=O) groups excluding carboxylic acids is 2. The summed E-state index contributed by atoms with van der Waals surface area (Å²) in [6, 6.07) is 11.9. The minimum Gasteiger partial charge on any atom is -0.497 e. The lowest BCUT2D eigenvalue weighted by Crippen LogP contribution is -2.53. The van der Waals surface area contributed by atoms with Gasteiger partial charge in [-0.25, -0.2) is 0 Å². The summed E-state index contributed by atoms with van der Waals surface area (Å²) in [4.78, 5) is 28.1. The molecule has 0 aliphatic rings. The Labute approximate surface area is 194 Å². The Morgan fingerprint density at radius 1 is 1.13 bits per heavy atom. The molecule has 2 aromatic carbocycles. The Hall–Kier alpha value is -2.24. The van der Waals surface area contributed by atoms with E-state index in [2.05, 4.69) is 5.32 Å². The SMILES string of the molecule is CC[C@@H](C(=O)NC(C)(C)C)N(Cc1cccc(OC)c1)C(=O)Cc1ccc(Cl)cc1Cl. The highest BCUT2D eigenvalue weighted by atomic mass is 35.5. The van der Waals surface area contributed by atoms with Crippen LogP contribution in [-0.4, -0.2) is 35.4 Å². The van der Waals surface area contributed by atoms with Crippen molar-refractivity contribution in [3.63, 3.8) is 0 Å². The van der Waals surface area contributed by atoms with Crippen LogP contribution in [0.4, 0.5) is 0 Å². The van der Waals surface area contributed by atoms with Crippen molar-refractivity contribution in [2.75, 3.05) is 7.11 Å². The van der Waals surface area contributed by atoms with Crippen LogP contribution in [0, 0.1) is 0 Å². The number of rotatable bonds is 8. The van der Waals surface area contributed by atoms with Gasteiger partial charge in [0, 0.05) is 22.1 Å². The van der Waals surface area contributed by atoms with Gasteiger partial charge >= 0.3 is 0 Å². The molecule has 1 N–H and O–H groups in total. The van der Waals surface area contributed by atoms with E-state index in [1.54, 1.807) is 30.2 Å². The second-order valence-corrected chi connectivity index (χ2v) is 9.29. The van der Waals surface area contributed by atoms with Crippen molar-refractivity contribution in [3.8, 4) is 5.75 Å². The molecule has 0 bridgehead atoms. The minimum absolute atomic E-state index is 0.0687. The number of benzene rings is 2. The first-order valence-electron chi connectivity index (χ1n) is 10.2. The number of nitrogens with zero attached hydrogens (tertiary/aromatic N) is 1. The van der Waals surface area contributed by atoms with E-state index in [0.717, 1.165) is 5.56 Å². The molecule has 7 heteroatoms. The maximum absolute atomic E-state index is 13.4. The summed E-state index contributed by atoms with van der Waals surface area (Å²) in [6.45, 7) is 7.92. The van der Waals surface area contributed by atoms with Crippen molar-refractivity contribution in [2.45, 2.75) is 58.7 Å². The third kappa shape index (κ3) is 7.44. The van der Waals surface area contributed by atoms with Gasteiger partial charge in [-0.1, -0.05) is 48.3 Å². The van der Waals surface area contributed by atoms with E-state index in [1.807, 2.05) is 52.0 Å². The van der Waals surface area contributed by atoms with Crippen LogP contribution < -0.4 is 10.1 Å². The monoisotopic (exact) mass is 464 g/mol. The van der Waals surface area contributed by atoms with Gasteiger partial charge < -0.3 is 15.0 Å². The standard InChI is InChI=1S/C24H30Cl2N2O3/c1-6-21(23(30)27-24(2,3)4)28(15-16-8-7-9-19(12-16)31-5)22(29)13-17-10-11-18(25)14-20(17)26/h7-12,14,21H,6,13,15H2,1-5H3,(H,27,30)/t21-/m0/s1. The Bertz CT molecular complexity index is 925. The highest BCUT2D eigenvalue weighted by Crippen LogP contribution is 2.24. The third-order valence-electron chi connectivity index (χ3n) is 4.73. The van der Waals surface area contributed by atoms with Crippen LogP contribution in [0.15, 0.2) is 42.5 Å². The Morgan fingerprint density at radius 2 is 1.84 bits per heavy atom. The maximum Gasteiger partial charge on any atom is 0.243 e. The number of ether oxygens (including phenoxy) is 1. The number of carbonyl (C=O) groups is 2. The fourth-order valence-corrected chi connectivity index (χ4v) is 3.74. The van der Waals surface area contributed by atoms with Crippen molar-refractivity contribution in [1.29, 1.82) is 0 Å². The van der Waals surface area contributed by atoms with E-state index in [9.17, 15) is 9.59 Å². The lowest BCUT2D eigenvalue weighted by atomic mass is 10.0. The van der Waals surface area contributed by atoms with Gasteiger partial charge in [-0.15, -0.1) is 0 Å². The third-order valence-corrected chi connectivity index (χ3v) is 5.31. The van der Waals surface area contributed by atoms with E-state index in [4.69, 9.17) is 27.9 Å². The van der Waals surface area contributed by atoms with Crippen molar-refractivity contribution >= 4 is 35.0 Å². The average Bonchev–Trinajstić information content (AvgIpc) is 2.68. The molecule has 5 nitrogen and oxygen atoms in total. The van der Waals surface area contributed by atoms with E-state index in [-0.39, 0.29) is 24.8 Å². The van der Waals surface area contributed by atoms with Crippen LogP contribution in [0.1, 0.15) is 45.2 Å². The van der Waals surface area contributed by atoms with Crippen LogP contribution in [-0.2, 0) is 22.6 Å². The van der Waals surface area contributed by atoms with Gasteiger partial charge in [0.05, 0.1) is 13.5 Å². The number of hydrogen-bond donors (Lipinski definition) is 1. The van der Waals surface area contributed by atoms with Crippen LogP contribution >= 0.6 is 23.2 Å². The van der Waals surface area contributed by atoms with Gasteiger partial charge in [0.25, 0.3) is 0 Å². The zero-order valence-electron chi connectivity index (χ0n) is 18.7. The predicted octanol–water partition coefficient (Wildman–Crippen LogP) is 5.27. The van der Waals surface area contributed by atoms with Gasteiger partial charge in [0.2, 0.25) is 11.8 Å². The molecular weight excluding hydrogens is 435 g/mol. The van der Waals surface area contributed by atoms with Gasteiger partial charge in [0.15, 0.2) is 0 Å². The molecule has 0 fully saturated rings. The molecule has 0 unspecified atom stereocenters. The molecule has 2 rings (SSSR count). The second kappa shape index (κ2) is 10.9. The Balaban J connectivity index is 2.36. The molecule has 0 radical (unpaired) electrons. The van der Waals surface area contributed by atoms with E-state index >= 15 is 0 Å². The molecule has 168 valence electrons. The fourth-order valence-electron chi connectivity index (χ4n) is 3.27.